The van der Waals surface area contributed by atoms with E-state index in [1.54, 1.807) is 6.20 Å². The molecule has 0 aromatic carbocycles. The van der Waals surface area contributed by atoms with Gasteiger partial charge in [0, 0.05) is 13.2 Å². The zero-order valence-electron chi connectivity index (χ0n) is 8.49. The standard InChI is InChI=1S/C11H16N2/c1-9(2)8-11(12-3)10-6-4-5-7-13-10/h4-7,9H,8H2,1-3H3. The highest BCUT2D eigenvalue weighted by molar-refractivity contribution is 5.98. The molecule has 0 saturated carbocycles. The van der Waals surface area contributed by atoms with Crippen LogP contribution in [-0.4, -0.2) is 17.7 Å². The molecule has 0 amide bonds. The number of aliphatic imine (C=N–C) groups is 1. The molecule has 13 heavy (non-hydrogen) atoms. The van der Waals surface area contributed by atoms with E-state index in [4.69, 9.17) is 0 Å². The molecule has 2 nitrogen and oxygen atoms in total. The third-order valence-electron chi connectivity index (χ3n) is 1.83. The highest BCUT2D eigenvalue weighted by Crippen LogP contribution is 2.07. The molecule has 0 unspecified atom stereocenters. The summed E-state index contributed by atoms with van der Waals surface area (Å²) in [6.45, 7) is 4.38. The Morgan fingerprint density at radius 2 is 2.23 bits per heavy atom. The maximum atomic E-state index is 4.27. The summed E-state index contributed by atoms with van der Waals surface area (Å²) >= 11 is 0. The Labute approximate surface area is 79.7 Å². The van der Waals surface area contributed by atoms with Gasteiger partial charge in [0.15, 0.2) is 0 Å². The first-order chi connectivity index (χ1) is 6.24. The Bertz CT molecular complexity index is 275. The summed E-state index contributed by atoms with van der Waals surface area (Å²) in [5.41, 5.74) is 2.09. The van der Waals surface area contributed by atoms with E-state index in [9.17, 15) is 0 Å². The maximum Gasteiger partial charge on any atom is 0.0839 e. The van der Waals surface area contributed by atoms with Gasteiger partial charge in [-0.05, 0) is 24.5 Å². The van der Waals surface area contributed by atoms with Crippen molar-refractivity contribution in [1.82, 2.24) is 4.98 Å². The summed E-state index contributed by atoms with van der Waals surface area (Å²) in [5, 5.41) is 0. The summed E-state index contributed by atoms with van der Waals surface area (Å²) in [6, 6.07) is 5.92. The quantitative estimate of drug-likeness (QED) is 0.650. The Morgan fingerprint density at radius 3 is 2.69 bits per heavy atom. The van der Waals surface area contributed by atoms with E-state index < -0.39 is 0 Å². The molecule has 0 fully saturated rings. The van der Waals surface area contributed by atoms with Crippen molar-refractivity contribution in [2.75, 3.05) is 7.05 Å². The predicted molar refractivity (Wildman–Crippen MR) is 56.2 cm³/mol. The summed E-state index contributed by atoms with van der Waals surface area (Å²) in [6.07, 6.45) is 2.80. The fourth-order valence-electron chi connectivity index (χ4n) is 1.23. The zero-order chi connectivity index (χ0) is 9.68. The van der Waals surface area contributed by atoms with Crippen LogP contribution in [0.5, 0.6) is 0 Å². The van der Waals surface area contributed by atoms with Crippen molar-refractivity contribution >= 4 is 5.71 Å². The molecule has 0 bridgehead atoms. The zero-order valence-corrected chi connectivity index (χ0v) is 8.49. The minimum absolute atomic E-state index is 0.626. The van der Waals surface area contributed by atoms with Crippen LogP contribution in [0.2, 0.25) is 0 Å². The van der Waals surface area contributed by atoms with Crippen molar-refractivity contribution in [3.05, 3.63) is 30.1 Å². The Kier molecular flexibility index (Phi) is 3.62. The highest BCUT2D eigenvalue weighted by Gasteiger charge is 2.05. The first kappa shape index (κ1) is 9.90. The monoisotopic (exact) mass is 176 g/mol. The van der Waals surface area contributed by atoms with Gasteiger partial charge in [-0.15, -0.1) is 0 Å². The van der Waals surface area contributed by atoms with Gasteiger partial charge < -0.3 is 0 Å². The molecular weight excluding hydrogens is 160 g/mol. The van der Waals surface area contributed by atoms with Crippen LogP contribution in [0, 0.1) is 5.92 Å². The van der Waals surface area contributed by atoms with Crippen molar-refractivity contribution in [3.63, 3.8) is 0 Å². The van der Waals surface area contributed by atoms with Gasteiger partial charge in [-0.1, -0.05) is 19.9 Å². The van der Waals surface area contributed by atoms with Gasteiger partial charge in [-0.3, -0.25) is 9.98 Å². The molecule has 70 valence electrons. The molecule has 1 heterocycles. The molecule has 0 saturated heterocycles. The second kappa shape index (κ2) is 4.75. The topological polar surface area (TPSA) is 25.2 Å². The molecule has 0 spiro atoms. The van der Waals surface area contributed by atoms with E-state index in [0.717, 1.165) is 17.8 Å². The lowest BCUT2D eigenvalue weighted by Crippen LogP contribution is -2.06. The lowest BCUT2D eigenvalue weighted by Gasteiger charge is -2.06. The van der Waals surface area contributed by atoms with Crippen LogP contribution < -0.4 is 0 Å². The number of hydrogen-bond donors (Lipinski definition) is 0. The fourth-order valence-corrected chi connectivity index (χ4v) is 1.23. The van der Waals surface area contributed by atoms with E-state index in [1.165, 1.54) is 0 Å². The van der Waals surface area contributed by atoms with Crippen molar-refractivity contribution in [2.45, 2.75) is 20.3 Å². The van der Waals surface area contributed by atoms with Gasteiger partial charge >= 0.3 is 0 Å². The van der Waals surface area contributed by atoms with Gasteiger partial charge in [0.25, 0.3) is 0 Å². The molecule has 0 aliphatic carbocycles. The van der Waals surface area contributed by atoms with Gasteiger partial charge in [0.05, 0.1) is 11.4 Å². The Balaban J connectivity index is 2.80. The van der Waals surface area contributed by atoms with Crippen LogP contribution >= 0.6 is 0 Å². The Hall–Kier alpha value is -1.18. The van der Waals surface area contributed by atoms with E-state index in [-0.39, 0.29) is 0 Å². The third-order valence-corrected chi connectivity index (χ3v) is 1.83. The van der Waals surface area contributed by atoms with Crippen LogP contribution in [0.1, 0.15) is 26.0 Å². The van der Waals surface area contributed by atoms with Crippen LogP contribution in [0.25, 0.3) is 0 Å². The van der Waals surface area contributed by atoms with Crippen LogP contribution in [0.15, 0.2) is 29.4 Å². The minimum atomic E-state index is 0.626. The molecular formula is C11H16N2. The number of aromatic nitrogens is 1. The molecule has 0 N–H and O–H groups in total. The number of rotatable bonds is 3. The maximum absolute atomic E-state index is 4.27. The number of nitrogens with zero attached hydrogens (tertiary/aromatic N) is 2. The second-order valence-corrected chi connectivity index (χ2v) is 3.48. The van der Waals surface area contributed by atoms with E-state index >= 15 is 0 Å². The van der Waals surface area contributed by atoms with Crippen LogP contribution in [-0.2, 0) is 0 Å². The van der Waals surface area contributed by atoms with E-state index in [2.05, 4.69) is 23.8 Å². The first-order valence-electron chi connectivity index (χ1n) is 4.61. The smallest absolute Gasteiger partial charge is 0.0839 e. The van der Waals surface area contributed by atoms with E-state index in [0.29, 0.717) is 5.92 Å². The molecule has 2 heteroatoms. The molecule has 0 atom stereocenters. The summed E-state index contributed by atoms with van der Waals surface area (Å²) < 4.78 is 0. The molecule has 0 aliphatic heterocycles. The summed E-state index contributed by atoms with van der Waals surface area (Å²) in [7, 11) is 1.83. The minimum Gasteiger partial charge on any atom is -0.291 e. The average Bonchev–Trinajstić information content (AvgIpc) is 2.15. The molecule has 1 aromatic heterocycles. The molecule has 0 radical (unpaired) electrons. The van der Waals surface area contributed by atoms with Gasteiger partial charge in [0.1, 0.15) is 0 Å². The number of pyridine rings is 1. The van der Waals surface area contributed by atoms with Crippen molar-refractivity contribution in [3.8, 4) is 0 Å². The van der Waals surface area contributed by atoms with Gasteiger partial charge in [0.2, 0.25) is 0 Å². The normalized spacial score (nSPS) is 12.2. The SMILES string of the molecule is CN=C(CC(C)C)c1ccccn1. The molecule has 0 aliphatic rings. The second-order valence-electron chi connectivity index (χ2n) is 3.48. The lowest BCUT2D eigenvalue weighted by molar-refractivity contribution is 0.682. The highest BCUT2D eigenvalue weighted by atomic mass is 14.8. The van der Waals surface area contributed by atoms with Gasteiger partial charge in [-0.25, -0.2) is 0 Å². The summed E-state index contributed by atoms with van der Waals surface area (Å²) in [4.78, 5) is 8.52. The number of hydrogen-bond acceptors (Lipinski definition) is 2. The molecule has 1 aromatic rings. The molecule has 1 rings (SSSR count). The van der Waals surface area contributed by atoms with E-state index in [1.807, 2.05) is 25.2 Å². The largest absolute Gasteiger partial charge is 0.291 e. The Morgan fingerprint density at radius 1 is 1.46 bits per heavy atom. The predicted octanol–water partition coefficient (Wildman–Crippen LogP) is 2.55. The van der Waals surface area contributed by atoms with Crippen molar-refractivity contribution in [2.24, 2.45) is 10.9 Å². The van der Waals surface area contributed by atoms with Crippen LogP contribution in [0.3, 0.4) is 0 Å². The fraction of sp³-hybridized carbons (Fsp3) is 0.455. The average molecular weight is 176 g/mol. The van der Waals surface area contributed by atoms with Crippen LogP contribution in [0.4, 0.5) is 0 Å². The first-order valence-corrected chi connectivity index (χ1v) is 4.61. The van der Waals surface area contributed by atoms with Crippen molar-refractivity contribution in [1.29, 1.82) is 0 Å². The summed E-state index contributed by atoms with van der Waals surface area (Å²) in [5.74, 6) is 0.626. The lowest BCUT2D eigenvalue weighted by atomic mass is 10.0. The van der Waals surface area contributed by atoms with Crippen molar-refractivity contribution < 1.29 is 0 Å². The third kappa shape index (κ3) is 2.98. The van der Waals surface area contributed by atoms with Gasteiger partial charge in [-0.2, -0.15) is 0 Å².